The van der Waals surface area contributed by atoms with Gasteiger partial charge >= 0.3 is 0 Å². The van der Waals surface area contributed by atoms with Gasteiger partial charge in [0.05, 0.1) is 33.8 Å². The van der Waals surface area contributed by atoms with E-state index in [1.165, 1.54) is 18.9 Å². The highest BCUT2D eigenvalue weighted by Gasteiger charge is 2.23. The molecule has 0 spiro atoms. The number of imidazole rings is 1. The number of hydrogen-bond acceptors (Lipinski definition) is 7. The molecule has 1 aromatic carbocycles. The molecule has 0 aliphatic heterocycles. The molecule has 180 valence electrons. The number of halogens is 1. The summed E-state index contributed by atoms with van der Waals surface area (Å²) in [5, 5.41) is 15.6. The first-order valence-corrected chi connectivity index (χ1v) is 11.7. The van der Waals surface area contributed by atoms with Crippen LogP contribution in [0.4, 0.5) is 15.9 Å². The summed E-state index contributed by atoms with van der Waals surface area (Å²) < 4.78 is 18.7. The highest BCUT2D eigenvalue weighted by Crippen LogP contribution is 2.32. The van der Waals surface area contributed by atoms with Crippen molar-refractivity contribution in [3.8, 4) is 17.1 Å². The molecule has 4 aromatic heterocycles. The predicted molar refractivity (Wildman–Crippen MR) is 133 cm³/mol. The van der Waals surface area contributed by atoms with Crippen LogP contribution in [-0.4, -0.2) is 40.8 Å². The molecule has 1 aliphatic rings. The first kappa shape index (κ1) is 22.0. The molecule has 5 aromatic rings. The SMILES string of the molecule is Cc1ccc(Nc2cc3ncn(-c4ccc(C=O)c(-c5cn(CC6CC6)nc5C)n4)c3cc2F)nn1. The summed E-state index contributed by atoms with van der Waals surface area (Å²) in [5.74, 6) is 1.17. The summed E-state index contributed by atoms with van der Waals surface area (Å²) in [5.41, 5.74) is 4.76. The quantitative estimate of drug-likeness (QED) is 0.333. The molecule has 0 atom stereocenters. The average Bonchev–Trinajstić information content (AvgIpc) is 3.48. The molecule has 4 heterocycles. The van der Waals surface area contributed by atoms with E-state index in [9.17, 15) is 4.79 Å². The van der Waals surface area contributed by atoms with Gasteiger partial charge in [0.25, 0.3) is 0 Å². The summed E-state index contributed by atoms with van der Waals surface area (Å²) >= 11 is 0. The lowest BCUT2D eigenvalue weighted by molar-refractivity contribution is 0.112. The lowest BCUT2D eigenvalue weighted by atomic mass is 10.1. The topological polar surface area (TPSA) is 103 Å². The van der Waals surface area contributed by atoms with E-state index in [-0.39, 0.29) is 5.69 Å². The number of nitrogens with zero attached hydrogens (tertiary/aromatic N) is 7. The average molecular weight is 483 g/mol. The number of carbonyl (C=O) groups is 1. The van der Waals surface area contributed by atoms with Crippen LogP contribution in [0.5, 0.6) is 0 Å². The maximum atomic E-state index is 15.1. The Kier molecular flexibility index (Phi) is 5.28. The van der Waals surface area contributed by atoms with Gasteiger partial charge in [-0.1, -0.05) is 0 Å². The van der Waals surface area contributed by atoms with Crippen LogP contribution >= 0.6 is 0 Å². The van der Waals surface area contributed by atoms with Crippen LogP contribution in [0.15, 0.2) is 48.9 Å². The first-order chi connectivity index (χ1) is 17.5. The third kappa shape index (κ3) is 4.10. The van der Waals surface area contributed by atoms with Gasteiger partial charge in [0.2, 0.25) is 0 Å². The molecule has 1 saturated carbocycles. The Labute approximate surface area is 206 Å². The monoisotopic (exact) mass is 482 g/mol. The zero-order valence-corrected chi connectivity index (χ0v) is 19.8. The van der Waals surface area contributed by atoms with Crippen molar-refractivity contribution in [1.82, 2.24) is 34.5 Å². The number of rotatable bonds is 7. The second-order valence-electron chi connectivity index (χ2n) is 9.14. The highest BCUT2D eigenvalue weighted by atomic mass is 19.1. The van der Waals surface area contributed by atoms with E-state index in [1.54, 1.807) is 41.2 Å². The van der Waals surface area contributed by atoms with Gasteiger partial charge in [-0.15, -0.1) is 5.10 Å². The molecule has 0 bridgehead atoms. The van der Waals surface area contributed by atoms with E-state index in [4.69, 9.17) is 4.98 Å². The third-order valence-corrected chi connectivity index (χ3v) is 6.33. The highest BCUT2D eigenvalue weighted by molar-refractivity contribution is 5.87. The number of benzene rings is 1. The van der Waals surface area contributed by atoms with E-state index >= 15 is 4.39 Å². The van der Waals surface area contributed by atoms with Gasteiger partial charge in [-0.05, 0) is 62.9 Å². The van der Waals surface area contributed by atoms with Crippen LogP contribution in [0, 0.1) is 25.6 Å². The standard InChI is InChI=1S/C26H23FN8O/c1-15-3-7-24(32-31-15)29-21-10-22-23(9-20(21)27)35(14-28-22)25-8-6-18(13-36)26(30-25)19-12-34(33-16(19)2)11-17-4-5-17/h3,6-10,12-14,17H,4-5,11H2,1-2H3,(H,29,32). The molecule has 0 saturated heterocycles. The second-order valence-corrected chi connectivity index (χ2v) is 9.14. The molecule has 0 unspecified atom stereocenters. The molecule has 0 amide bonds. The number of fused-ring (bicyclic) bond motifs is 1. The molecule has 0 radical (unpaired) electrons. The summed E-state index contributed by atoms with van der Waals surface area (Å²) in [7, 11) is 0. The van der Waals surface area contributed by atoms with Crippen molar-refractivity contribution >= 4 is 28.8 Å². The largest absolute Gasteiger partial charge is 0.336 e. The fourth-order valence-electron chi connectivity index (χ4n) is 4.23. The van der Waals surface area contributed by atoms with E-state index in [0.717, 1.165) is 29.8 Å². The molecule has 1 fully saturated rings. The van der Waals surface area contributed by atoms with Gasteiger partial charge in [0.15, 0.2) is 12.1 Å². The number of nitrogens with one attached hydrogen (secondary N) is 1. The third-order valence-electron chi connectivity index (χ3n) is 6.33. The van der Waals surface area contributed by atoms with Crippen molar-refractivity contribution in [3.05, 3.63) is 71.7 Å². The predicted octanol–water partition coefficient (Wildman–Crippen LogP) is 4.80. The van der Waals surface area contributed by atoms with Gasteiger partial charge in [-0.25, -0.2) is 14.4 Å². The Balaban J connectivity index is 1.38. The zero-order valence-electron chi connectivity index (χ0n) is 19.8. The molecule has 36 heavy (non-hydrogen) atoms. The zero-order chi connectivity index (χ0) is 24.8. The van der Waals surface area contributed by atoms with Gasteiger partial charge in [0, 0.05) is 29.9 Å². The smallest absolute Gasteiger partial charge is 0.153 e. The minimum absolute atomic E-state index is 0.245. The normalized spacial score (nSPS) is 13.3. The number of hydrogen-bond donors (Lipinski definition) is 1. The summed E-state index contributed by atoms with van der Waals surface area (Å²) in [4.78, 5) is 21.1. The lowest BCUT2D eigenvalue weighted by Crippen LogP contribution is -2.02. The number of aryl methyl sites for hydroxylation is 2. The minimum atomic E-state index is -0.464. The Morgan fingerprint density at radius 1 is 1.14 bits per heavy atom. The molecule has 10 heteroatoms. The van der Waals surface area contributed by atoms with Crippen molar-refractivity contribution in [2.45, 2.75) is 33.2 Å². The van der Waals surface area contributed by atoms with Crippen LogP contribution in [0.2, 0.25) is 0 Å². The Bertz CT molecular complexity index is 1600. The van der Waals surface area contributed by atoms with Gasteiger partial charge in [0.1, 0.15) is 18.0 Å². The lowest BCUT2D eigenvalue weighted by Gasteiger charge is -2.10. The van der Waals surface area contributed by atoms with Crippen molar-refractivity contribution in [1.29, 1.82) is 0 Å². The van der Waals surface area contributed by atoms with Crippen LogP contribution in [-0.2, 0) is 6.54 Å². The maximum Gasteiger partial charge on any atom is 0.153 e. The van der Waals surface area contributed by atoms with Crippen molar-refractivity contribution in [2.75, 3.05) is 5.32 Å². The Hall–Kier alpha value is -4.47. The summed E-state index contributed by atoms with van der Waals surface area (Å²) in [6, 6.07) is 10.00. The number of aromatic nitrogens is 7. The molecule has 9 nitrogen and oxygen atoms in total. The summed E-state index contributed by atoms with van der Waals surface area (Å²) in [6.07, 6.45) is 6.78. The fourth-order valence-corrected chi connectivity index (χ4v) is 4.23. The maximum absolute atomic E-state index is 15.1. The van der Waals surface area contributed by atoms with Crippen molar-refractivity contribution < 1.29 is 9.18 Å². The first-order valence-electron chi connectivity index (χ1n) is 11.7. The van der Waals surface area contributed by atoms with Gasteiger partial charge in [-0.2, -0.15) is 10.2 Å². The number of aldehydes is 1. The fraction of sp³-hybridized carbons (Fsp3) is 0.231. The minimum Gasteiger partial charge on any atom is -0.336 e. The van der Waals surface area contributed by atoms with Crippen molar-refractivity contribution in [2.24, 2.45) is 5.92 Å². The molecular formula is C26H23FN8O. The number of carbonyl (C=O) groups excluding carboxylic acids is 1. The van der Waals surface area contributed by atoms with E-state index in [0.29, 0.717) is 39.8 Å². The van der Waals surface area contributed by atoms with Crippen LogP contribution in [0.3, 0.4) is 0 Å². The van der Waals surface area contributed by atoms with E-state index in [2.05, 4.69) is 25.6 Å². The van der Waals surface area contributed by atoms with E-state index < -0.39 is 5.82 Å². The van der Waals surface area contributed by atoms with Crippen LogP contribution in [0.1, 0.15) is 34.6 Å². The Morgan fingerprint density at radius 2 is 2.00 bits per heavy atom. The molecule has 6 rings (SSSR count). The number of anilines is 2. The van der Waals surface area contributed by atoms with E-state index in [1.807, 2.05) is 24.7 Å². The van der Waals surface area contributed by atoms with Crippen LogP contribution in [0.25, 0.3) is 28.1 Å². The second kappa shape index (κ2) is 8.63. The molecule has 1 aliphatic carbocycles. The van der Waals surface area contributed by atoms with Crippen LogP contribution < -0.4 is 5.32 Å². The number of pyridine rings is 1. The van der Waals surface area contributed by atoms with Gasteiger partial charge in [-0.3, -0.25) is 14.0 Å². The Morgan fingerprint density at radius 3 is 2.75 bits per heavy atom. The molecule has 1 N–H and O–H groups in total. The summed E-state index contributed by atoms with van der Waals surface area (Å²) in [6.45, 7) is 4.61. The van der Waals surface area contributed by atoms with Crippen molar-refractivity contribution in [3.63, 3.8) is 0 Å². The molecular weight excluding hydrogens is 459 g/mol. The van der Waals surface area contributed by atoms with Gasteiger partial charge < -0.3 is 5.32 Å².